The van der Waals surface area contributed by atoms with Crippen molar-refractivity contribution in [2.75, 3.05) is 33.4 Å². The lowest BCUT2D eigenvalue weighted by Gasteiger charge is -2.19. The molecule has 0 saturated carbocycles. The summed E-state index contributed by atoms with van der Waals surface area (Å²) < 4.78 is 5.11. The van der Waals surface area contributed by atoms with E-state index in [4.69, 9.17) is 10.5 Å². The average molecular weight is 252 g/mol. The number of hydrogen-bond acceptors (Lipinski definition) is 4. The van der Waals surface area contributed by atoms with Crippen molar-refractivity contribution in [3.63, 3.8) is 0 Å². The topological polar surface area (TPSA) is 38.5 Å². The van der Waals surface area contributed by atoms with Crippen LogP contribution in [-0.2, 0) is 11.3 Å². The molecule has 0 unspecified atom stereocenters. The molecule has 0 spiro atoms. The van der Waals surface area contributed by atoms with E-state index in [0.717, 1.165) is 31.8 Å². The number of likely N-dealkylation sites (N-methyl/N-ethyl adjacent to an activating group) is 1. The minimum Gasteiger partial charge on any atom is -0.383 e. The van der Waals surface area contributed by atoms with Crippen LogP contribution in [0, 0.1) is 11.8 Å². The van der Waals surface area contributed by atoms with Gasteiger partial charge in [0.05, 0.1) is 13.2 Å². The fraction of sp³-hybridized carbons (Fsp3) is 0.538. The van der Waals surface area contributed by atoms with E-state index < -0.39 is 0 Å². The number of nitrogens with zero attached hydrogens (tertiary/aromatic N) is 1. The van der Waals surface area contributed by atoms with Crippen LogP contribution < -0.4 is 5.73 Å². The first-order valence-electron chi connectivity index (χ1n) is 5.78. The summed E-state index contributed by atoms with van der Waals surface area (Å²) in [6.07, 6.45) is 0. The molecule has 1 rings (SSSR count). The van der Waals surface area contributed by atoms with Gasteiger partial charge in [-0.15, -0.1) is 11.3 Å². The molecule has 0 aromatic carbocycles. The van der Waals surface area contributed by atoms with Crippen molar-refractivity contribution in [2.45, 2.75) is 13.5 Å². The van der Waals surface area contributed by atoms with Gasteiger partial charge in [0.1, 0.15) is 0 Å². The highest BCUT2D eigenvalue weighted by Crippen LogP contribution is 2.17. The van der Waals surface area contributed by atoms with E-state index in [-0.39, 0.29) is 0 Å². The number of methoxy groups -OCH3 is 1. The van der Waals surface area contributed by atoms with Gasteiger partial charge in [0, 0.05) is 30.6 Å². The van der Waals surface area contributed by atoms with Crippen LogP contribution in [0.2, 0.25) is 0 Å². The molecule has 0 radical (unpaired) electrons. The van der Waals surface area contributed by atoms with Crippen molar-refractivity contribution in [3.8, 4) is 11.8 Å². The molecule has 0 fully saturated rings. The second kappa shape index (κ2) is 8.26. The van der Waals surface area contributed by atoms with Gasteiger partial charge < -0.3 is 10.5 Å². The van der Waals surface area contributed by atoms with Crippen LogP contribution in [0.1, 0.15) is 17.4 Å². The highest BCUT2D eigenvalue weighted by atomic mass is 32.1. The fourth-order valence-electron chi connectivity index (χ4n) is 1.49. The summed E-state index contributed by atoms with van der Waals surface area (Å²) in [6, 6.07) is 2.06. The molecule has 0 amide bonds. The first-order valence-corrected chi connectivity index (χ1v) is 6.66. The van der Waals surface area contributed by atoms with E-state index in [1.807, 2.05) is 0 Å². The zero-order chi connectivity index (χ0) is 12.5. The van der Waals surface area contributed by atoms with Crippen LogP contribution in [0.15, 0.2) is 11.4 Å². The molecule has 0 atom stereocenters. The van der Waals surface area contributed by atoms with Crippen molar-refractivity contribution < 1.29 is 4.74 Å². The van der Waals surface area contributed by atoms with Gasteiger partial charge in [0.2, 0.25) is 0 Å². The SMILES string of the molecule is CCN(CCOC)Cc1sccc1C#CCN. The van der Waals surface area contributed by atoms with E-state index >= 15 is 0 Å². The van der Waals surface area contributed by atoms with Gasteiger partial charge in [-0.1, -0.05) is 18.8 Å². The van der Waals surface area contributed by atoms with Crippen molar-refractivity contribution >= 4 is 11.3 Å². The van der Waals surface area contributed by atoms with Gasteiger partial charge >= 0.3 is 0 Å². The number of rotatable bonds is 6. The quantitative estimate of drug-likeness (QED) is 0.780. The minimum absolute atomic E-state index is 0.413. The average Bonchev–Trinajstić information content (AvgIpc) is 2.79. The monoisotopic (exact) mass is 252 g/mol. The summed E-state index contributed by atoms with van der Waals surface area (Å²) in [5.74, 6) is 6.02. The van der Waals surface area contributed by atoms with Crippen LogP contribution in [0.5, 0.6) is 0 Å². The van der Waals surface area contributed by atoms with Crippen LogP contribution in [0.3, 0.4) is 0 Å². The number of thiophene rings is 1. The Morgan fingerprint density at radius 3 is 3.00 bits per heavy atom. The van der Waals surface area contributed by atoms with Crippen molar-refractivity contribution in [3.05, 3.63) is 21.9 Å². The molecule has 94 valence electrons. The number of ether oxygens (including phenoxy) is 1. The Hall–Kier alpha value is -0.860. The van der Waals surface area contributed by atoms with Gasteiger partial charge in [-0.2, -0.15) is 0 Å². The molecule has 0 bridgehead atoms. The van der Waals surface area contributed by atoms with Crippen molar-refractivity contribution in [2.24, 2.45) is 5.73 Å². The molecule has 2 N–H and O–H groups in total. The first-order chi connectivity index (χ1) is 8.31. The van der Waals surface area contributed by atoms with Crippen LogP contribution in [0.4, 0.5) is 0 Å². The Labute approximate surface area is 108 Å². The third-order valence-corrected chi connectivity index (χ3v) is 3.40. The summed E-state index contributed by atoms with van der Waals surface area (Å²) in [5.41, 5.74) is 6.50. The molecule has 0 saturated heterocycles. The summed E-state index contributed by atoms with van der Waals surface area (Å²) in [6.45, 7) is 6.25. The first kappa shape index (κ1) is 14.2. The highest BCUT2D eigenvalue weighted by molar-refractivity contribution is 7.10. The van der Waals surface area contributed by atoms with Crippen LogP contribution >= 0.6 is 11.3 Å². The molecule has 0 aliphatic heterocycles. The largest absolute Gasteiger partial charge is 0.383 e. The standard InChI is InChI=1S/C13H20N2OS/c1-3-15(8-9-16-2)11-13-12(5-4-7-14)6-10-17-13/h6,10H,3,7-9,11,14H2,1-2H3. The van der Waals surface area contributed by atoms with Crippen molar-refractivity contribution in [1.82, 2.24) is 4.90 Å². The third-order valence-electron chi connectivity index (χ3n) is 2.50. The van der Waals surface area contributed by atoms with E-state index in [2.05, 4.69) is 35.1 Å². The Morgan fingerprint density at radius 1 is 1.53 bits per heavy atom. The molecule has 1 aromatic rings. The Bertz CT molecular complexity index is 378. The second-order valence-corrected chi connectivity index (χ2v) is 4.63. The lowest BCUT2D eigenvalue weighted by Crippen LogP contribution is -2.26. The molecular formula is C13H20N2OS. The lowest BCUT2D eigenvalue weighted by molar-refractivity contribution is 0.148. The van der Waals surface area contributed by atoms with Crippen LogP contribution in [-0.4, -0.2) is 38.3 Å². The molecule has 1 aromatic heterocycles. The second-order valence-electron chi connectivity index (χ2n) is 3.62. The maximum absolute atomic E-state index is 5.39. The van der Waals surface area contributed by atoms with Gasteiger partial charge in [0.25, 0.3) is 0 Å². The predicted octanol–water partition coefficient (Wildman–Crippen LogP) is 1.53. The molecule has 3 nitrogen and oxygen atoms in total. The maximum atomic E-state index is 5.39. The van der Waals surface area contributed by atoms with E-state index in [1.165, 1.54) is 4.88 Å². The summed E-state index contributed by atoms with van der Waals surface area (Å²) in [5, 5.41) is 2.08. The van der Waals surface area contributed by atoms with Gasteiger partial charge in [-0.3, -0.25) is 4.90 Å². The predicted molar refractivity (Wildman–Crippen MR) is 73.1 cm³/mol. The minimum atomic E-state index is 0.413. The highest BCUT2D eigenvalue weighted by Gasteiger charge is 2.07. The van der Waals surface area contributed by atoms with E-state index in [9.17, 15) is 0 Å². The Kier molecular flexibility index (Phi) is 6.90. The van der Waals surface area contributed by atoms with E-state index in [1.54, 1.807) is 18.4 Å². The smallest absolute Gasteiger partial charge is 0.0589 e. The molecule has 4 heteroatoms. The molecule has 17 heavy (non-hydrogen) atoms. The van der Waals surface area contributed by atoms with Gasteiger partial charge in [0.15, 0.2) is 0 Å². The number of nitrogens with two attached hydrogens (primary N) is 1. The zero-order valence-corrected chi connectivity index (χ0v) is 11.3. The fourth-order valence-corrected chi connectivity index (χ4v) is 2.36. The third kappa shape index (κ3) is 4.88. The summed E-state index contributed by atoms with van der Waals surface area (Å²) in [7, 11) is 1.73. The van der Waals surface area contributed by atoms with Crippen molar-refractivity contribution in [1.29, 1.82) is 0 Å². The normalized spacial score (nSPS) is 10.4. The van der Waals surface area contributed by atoms with Gasteiger partial charge in [-0.25, -0.2) is 0 Å². The number of hydrogen-bond donors (Lipinski definition) is 1. The summed E-state index contributed by atoms with van der Waals surface area (Å²) >= 11 is 1.75. The summed E-state index contributed by atoms with van der Waals surface area (Å²) in [4.78, 5) is 3.66. The van der Waals surface area contributed by atoms with Gasteiger partial charge in [-0.05, 0) is 18.0 Å². The Balaban J connectivity index is 2.62. The molecular weight excluding hydrogens is 232 g/mol. The maximum Gasteiger partial charge on any atom is 0.0589 e. The van der Waals surface area contributed by atoms with Crippen LogP contribution in [0.25, 0.3) is 0 Å². The zero-order valence-electron chi connectivity index (χ0n) is 10.5. The lowest BCUT2D eigenvalue weighted by atomic mass is 10.2. The molecule has 0 aliphatic carbocycles. The molecule has 1 heterocycles. The molecule has 0 aliphatic rings. The van der Waals surface area contributed by atoms with E-state index in [0.29, 0.717) is 6.54 Å². The Morgan fingerprint density at radius 2 is 2.35 bits per heavy atom.